The number of nitrogens with two attached hydrogens (primary N) is 1. The predicted molar refractivity (Wildman–Crippen MR) is 62.6 cm³/mol. The minimum Gasteiger partial charge on any atom is -0.390 e. The van der Waals surface area contributed by atoms with Crippen LogP contribution in [0.1, 0.15) is 0 Å². The second kappa shape index (κ2) is 5.63. The quantitative estimate of drug-likeness (QED) is 0.489. The van der Waals surface area contributed by atoms with Crippen molar-refractivity contribution in [1.82, 2.24) is 4.98 Å². The molecule has 0 atom stereocenters. The lowest BCUT2D eigenvalue weighted by Gasteiger charge is -2.15. The van der Waals surface area contributed by atoms with Crippen LogP contribution in [0.15, 0.2) is 6.07 Å². The van der Waals surface area contributed by atoms with Gasteiger partial charge >= 0.3 is 0 Å². The highest BCUT2D eigenvalue weighted by Crippen LogP contribution is 2.29. The molecule has 1 rings (SSSR count). The number of nitrogens with one attached hydrogen (secondary N) is 2. The summed E-state index contributed by atoms with van der Waals surface area (Å²) >= 11 is 11.5. The van der Waals surface area contributed by atoms with Gasteiger partial charge in [0, 0.05) is 0 Å². The van der Waals surface area contributed by atoms with Crippen LogP contribution in [0.3, 0.4) is 0 Å². The van der Waals surface area contributed by atoms with Crippen LogP contribution < -0.4 is 16.6 Å². The molecule has 1 heterocycles. The van der Waals surface area contributed by atoms with Gasteiger partial charge in [0.05, 0.1) is 16.6 Å². The maximum absolute atomic E-state index is 12.8. The highest BCUT2D eigenvalue weighted by atomic mass is 35.5. The Hall–Kier alpha value is -0.890. The Bertz CT molecular complexity index is 405. The molecule has 0 saturated heterocycles. The van der Waals surface area contributed by atoms with Crippen molar-refractivity contribution in [3.05, 3.63) is 16.1 Å². The van der Waals surface area contributed by atoms with E-state index in [1.807, 2.05) is 0 Å². The molecule has 0 amide bonds. The molecule has 1 aromatic rings. The molecule has 0 unspecified atom stereocenters. The molecule has 96 valence electrons. The van der Waals surface area contributed by atoms with E-state index in [1.165, 1.54) is 6.07 Å². The summed E-state index contributed by atoms with van der Waals surface area (Å²) in [6.45, 7) is -2.07. The summed E-state index contributed by atoms with van der Waals surface area (Å²) < 4.78 is 25.6. The molecule has 0 aliphatic heterocycles. The number of rotatable bonds is 5. The molecule has 5 N–H and O–H groups in total. The van der Waals surface area contributed by atoms with Gasteiger partial charge in [-0.3, -0.25) is 0 Å². The lowest BCUT2D eigenvalue weighted by molar-refractivity contribution is -0.0373. The maximum Gasteiger partial charge on any atom is 0.287 e. The normalized spacial score (nSPS) is 11.4. The van der Waals surface area contributed by atoms with Gasteiger partial charge in [-0.15, -0.1) is 0 Å². The molecule has 0 spiro atoms. The molecule has 1 aromatic heterocycles. The first kappa shape index (κ1) is 14.2. The lowest BCUT2D eigenvalue weighted by atomic mass is 10.3. The second-order valence-electron chi connectivity index (χ2n) is 3.16. The van der Waals surface area contributed by atoms with E-state index in [1.54, 1.807) is 0 Å². The SMILES string of the molecule is NNc1nc(NCC(F)(F)CO)c(Cl)cc1Cl. The van der Waals surface area contributed by atoms with E-state index >= 15 is 0 Å². The third-order valence-electron chi connectivity index (χ3n) is 1.81. The van der Waals surface area contributed by atoms with E-state index in [9.17, 15) is 8.78 Å². The summed E-state index contributed by atoms with van der Waals surface area (Å²) in [6.07, 6.45) is 0. The number of alkyl halides is 2. The van der Waals surface area contributed by atoms with Crippen LogP contribution in [0.5, 0.6) is 0 Å². The maximum atomic E-state index is 12.8. The van der Waals surface area contributed by atoms with Crippen molar-refractivity contribution >= 4 is 34.8 Å². The number of hydrogen-bond acceptors (Lipinski definition) is 5. The Morgan fingerprint density at radius 1 is 1.35 bits per heavy atom. The highest BCUT2D eigenvalue weighted by molar-refractivity contribution is 6.37. The zero-order chi connectivity index (χ0) is 13.1. The smallest absolute Gasteiger partial charge is 0.287 e. The highest BCUT2D eigenvalue weighted by Gasteiger charge is 2.27. The number of hydrazine groups is 1. The van der Waals surface area contributed by atoms with Gasteiger partial charge in [0.1, 0.15) is 12.4 Å². The zero-order valence-electron chi connectivity index (χ0n) is 8.48. The Labute approximate surface area is 106 Å². The van der Waals surface area contributed by atoms with Crippen molar-refractivity contribution in [1.29, 1.82) is 0 Å². The summed E-state index contributed by atoms with van der Waals surface area (Å²) in [5.74, 6) is 1.96. The van der Waals surface area contributed by atoms with Crippen molar-refractivity contribution in [3.63, 3.8) is 0 Å². The fourth-order valence-electron chi connectivity index (χ4n) is 0.961. The third-order valence-corrected chi connectivity index (χ3v) is 2.39. The van der Waals surface area contributed by atoms with E-state index in [-0.39, 0.29) is 21.7 Å². The van der Waals surface area contributed by atoms with Crippen LogP contribution in [-0.2, 0) is 0 Å². The number of nitrogens with zero attached hydrogens (tertiary/aromatic N) is 1. The molecule has 0 aliphatic rings. The van der Waals surface area contributed by atoms with E-state index < -0.39 is 19.1 Å². The lowest BCUT2D eigenvalue weighted by Crippen LogP contribution is -2.31. The number of pyridine rings is 1. The van der Waals surface area contributed by atoms with Gasteiger partial charge in [-0.2, -0.15) is 0 Å². The van der Waals surface area contributed by atoms with Gasteiger partial charge in [-0.1, -0.05) is 23.2 Å². The minimum absolute atomic E-state index is 0.00265. The Morgan fingerprint density at radius 3 is 2.47 bits per heavy atom. The van der Waals surface area contributed by atoms with E-state index in [0.29, 0.717) is 0 Å². The van der Waals surface area contributed by atoms with Crippen molar-refractivity contribution in [2.24, 2.45) is 5.84 Å². The van der Waals surface area contributed by atoms with Gasteiger partial charge < -0.3 is 15.8 Å². The van der Waals surface area contributed by atoms with Crippen LogP contribution >= 0.6 is 23.2 Å². The predicted octanol–water partition coefficient (Wildman–Crippen LogP) is 1.71. The molecule has 0 aromatic carbocycles. The monoisotopic (exact) mass is 286 g/mol. The van der Waals surface area contributed by atoms with E-state index in [4.69, 9.17) is 34.2 Å². The fraction of sp³-hybridized carbons (Fsp3) is 0.375. The largest absolute Gasteiger partial charge is 0.390 e. The number of halogens is 4. The molecule has 0 saturated carbocycles. The van der Waals surface area contributed by atoms with E-state index in [0.717, 1.165) is 0 Å². The summed E-state index contributed by atoms with van der Waals surface area (Å²) in [6, 6.07) is 1.31. The van der Waals surface area contributed by atoms with E-state index in [2.05, 4.69) is 15.7 Å². The molecule has 5 nitrogen and oxygen atoms in total. The molecule has 0 radical (unpaired) electrons. The van der Waals surface area contributed by atoms with Crippen LogP contribution in [0.25, 0.3) is 0 Å². The molecule has 0 bridgehead atoms. The summed E-state index contributed by atoms with van der Waals surface area (Å²) in [7, 11) is 0. The van der Waals surface area contributed by atoms with Gasteiger partial charge in [0.25, 0.3) is 5.92 Å². The van der Waals surface area contributed by atoms with Gasteiger partial charge in [-0.05, 0) is 6.07 Å². The molecule has 17 heavy (non-hydrogen) atoms. The van der Waals surface area contributed by atoms with Crippen molar-refractivity contribution in [2.75, 3.05) is 23.9 Å². The van der Waals surface area contributed by atoms with Crippen molar-refractivity contribution in [2.45, 2.75) is 5.92 Å². The fourth-order valence-corrected chi connectivity index (χ4v) is 1.44. The van der Waals surface area contributed by atoms with Crippen molar-refractivity contribution in [3.8, 4) is 0 Å². The summed E-state index contributed by atoms with van der Waals surface area (Å²) in [5.41, 5.74) is 2.20. The van der Waals surface area contributed by atoms with Crippen LogP contribution in [-0.4, -0.2) is 29.2 Å². The molecule has 0 aliphatic carbocycles. The number of hydrogen-bond donors (Lipinski definition) is 4. The van der Waals surface area contributed by atoms with Crippen LogP contribution in [0.2, 0.25) is 10.0 Å². The Balaban J connectivity index is 2.84. The number of nitrogen functional groups attached to an aromatic ring is 1. The molecular formula is C8H10Cl2F2N4O. The first-order valence-corrected chi connectivity index (χ1v) is 5.20. The Morgan fingerprint density at radius 2 is 1.94 bits per heavy atom. The van der Waals surface area contributed by atoms with Gasteiger partial charge in [0.15, 0.2) is 5.82 Å². The van der Waals surface area contributed by atoms with Gasteiger partial charge in [-0.25, -0.2) is 19.6 Å². The topological polar surface area (TPSA) is 83.2 Å². The average molecular weight is 287 g/mol. The Kier molecular flexibility index (Phi) is 4.70. The number of anilines is 2. The molecule has 9 heteroatoms. The van der Waals surface area contributed by atoms with Crippen LogP contribution in [0, 0.1) is 0 Å². The number of aliphatic hydroxyl groups excluding tert-OH is 1. The summed E-state index contributed by atoms with van der Waals surface area (Å²) in [5, 5.41) is 10.9. The molecular weight excluding hydrogens is 277 g/mol. The zero-order valence-corrected chi connectivity index (χ0v) is 9.99. The minimum atomic E-state index is -3.26. The van der Waals surface area contributed by atoms with Gasteiger partial charge in [0.2, 0.25) is 0 Å². The first-order valence-electron chi connectivity index (χ1n) is 4.45. The standard InChI is InChI=1S/C8H10Cl2F2N4O/c9-4-1-5(10)7(16-13)15-6(4)14-2-8(11,12)3-17/h1,17H,2-3,13H2,(H2,14,15,16). The first-order chi connectivity index (χ1) is 7.89. The summed E-state index contributed by atoms with van der Waals surface area (Å²) in [4.78, 5) is 3.80. The van der Waals surface area contributed by atoms with Crippen molar-refractivity contribution < 1.29 is 13.9 Å². The van der Waals surface area contributed by atoms with Crippen LogP contribution in [0.4, 0.5) is 20.4 Å². The third kappa shape index (κ3) is 3.81. The average Bonchev–Trinajstić information content (AvgIpc) is 2.28. The molecule has 0 fully saturated rings. The second-order valence-corrected chi connectivity index (χ2v) is 3.98. The number of aromatic nitrogens is 1. The number of aliphatic hydroxyl groups is 1.